The van der Waals surface area contributed by atoms with Crippen molar-refractivity contribution >= 4 is 0 Å². The van der Waals surface area contributed by atoms with Crippen molar-refractivity contribution in [3.63, 3.8) is 0 Å². The first-order valence-corrected chi connectivity index (χ1v) is 6.98. The van der Waals surface area contributed by atoms with Crippen molar-refractivity contribution in [3.8, 4) is 0 Å². The van der Waals surface area contributed by atoms with Crippen LogP contribution in [0.2, 0.25) is 0 Å². The van der Waals surface area contributed by atoms with E-state index in [1.54, 1.807) is 0 Å². The van der Waals surface area contributed by atoms with Gasteiger partial charge in [0.2, 0.25) is 0 Å². The van der Waals surface area contributed by atoms with Crippen molar-refractivity contribution in [1.82, 2.24) is 9.78 Å². The molecule has 1 saturated carbocycles. The van der Waals surface area contributed by atoms with E-state index in [4.69, 9.17) is 9.84 Å². The lowest BCUT2D eigenvalue weighted by atomic mass is 9.93. The summed E-state index contributed by atoms with van der Waals surface area (Å²) in [6.07, 6.45) is 7.34. The van der Waals surface area contributed by atoms with Gasteiger partial charge in [0.25, 0.3) is 0 Å². The van der Waals surface area contributed by atoms with Gasteiger partial charge < -0.3 is 4.74 Å². The van der Waals surface area contributed by atoms with Crippen LogP contribution in [-0.4, -0.2) is 23.0 Å². The first-order chi connectivity index (χ1) is 8.34. The average molecular weight is 236 g/mol. The van der Waals surface area contributed by atoms with Gasteiger partial charge in [-0.05, 0) is 38.2 Å². The van der Waals surface area contributed by atoms with E-state index in [0.717, 1.165) is 19.6 Å². The molecule has 0 aromatic carbocycles. The number of aromatic nitrogens is 2. The van der Waals surface area contributed by atoms with Crippen molar-refractivity contribution in [2.24, 2.45) is 0 Å². The maximum atomic E-state index is 5.43. The molecular weight excluding hydrogens is 212 g/mol. The molecule has 0 N–H and O–H groups in total. The van der Waals surface area contributed by atoms with Crippen LogP contribution in [-0.2, 0) is 4.74 Å². The van der Waals surface area contributed by atoms with E-state index in [-0.39, 0.29) is 0 Å². The highest BCUT2D eigenvalue weighted by Gasteiger charge is 2.25. The molecule has 3 rings (SSSR count). The standard InChI is InChI=1S/C12H18N2O.C2H6/c1-9-7-14(11-3-2-4-11)13-12(9)10-5-6-15-8-10;1-2/h7,10-11H,2-6,8H2,1H3;1-2H3. The minimum Gasteiger partial charge on any atom is -0.381 e. The first-order valence-electron chi connectivity index (χ1n) is 6.98. The second-order valence-electron chi connectivity index (χ2n) is 4.82. The smallest absolute Gasteiger partial charge is 0.0708 e. The third-order valence-corrected chi connectivity index (χ3v) is 3.72. The number of hydrogen-bond acceptors (Lipinski definition) is 2. The van der Waals surface area contributed by atoms with Gasteiger partial charge in [-0.25, -0.2) is 0 Å². The maximum Gasteiger partial charge on any atom is 0.0708 e. The monoisotopic (exact) mass is 236 g/mol. The highest BCUT2D eigenvalue weighted by molar-refractivity contribution is 5.20. The molecule has 0 spiro atoms. The first kappa shape index (κ1) is 12.6. The van der Waals surface area contributed by atoms with Crippen LogP contribution in [0.15, 0.2) is 6.20 Å². The molecular formula is C14H24N2O. The summed E-state index contributed by atoms with van der Waals surface area (Å²) in [6, 6.07) is 0.680. The summed E-state index contributed by atoms with van der Waals surface area (Å²) in [7, 11) is 0. The summed E-state index contributed by atoms with van der Waals surface area (Å²) in [6.45, 7) is 7.94. The Kier molecular flexibility index (Phi) is 4.21. The number of ether oxygens (including phenoxy) is 1. The molecule has 1 aliphatic heterocycles. The molecule has 1 aromatic rings. The van der Waals surface area contributed by atoms with E-state index >= 15 is 0 Å². The number of aryl methyl sites for hydroxylation is 1. The Balaban J connectivity index is 0.000000514. The molecule has 2 fully saturated rings. The van der Waals surface area contributed by atoms with Crippen molar-refractivity contribution in [2.45, 2.75) is 58.4 Å². The number of nitrogens with zero attached hydrogens (tertiary/aromatic N) is 2. The SMILES string of the molecule is CC.Cc1cn(C2CCC2)nc1C1CCOC1. The summed E-state index contributed by atoms with van der Waals surface area (Å²) in [5.41, 5.74) is 2.62. The van der Waals surface area contributed by atoms with E-state index in [0.29, 0.717) is 12.0 Å². The highest BCUT2D eigenvalue weighted by Crippen LogP contribution is 2.33. The van der Waals surface area contributed by atoms with Crippen LogP contribution >= 0.6 is 0 Å². The third-order valence-electron chi connectivity index (χ3n) is 3.72. The summed E-state index contributed by atoms with van der Waals surface area (Å²) in [5, 5.41) is 4.75. The number of hydrogen-bond donors (Lipinski definition) is 0. The molecule has 2 heterocycles. The fourth-order valence-electron chi connectivity index (χ4n) is 2.49. The van der Waals surface area contributed by atoms with Gasteiger partial charge in [0, 0.05) is 18.7 Å². The van der Waals surface area contributed by atoms with E-state index in [1.807, 2.05) is 13.8 Å². The lowest BCUT2D eigenvalue weighted by Gasteiger charge is -2.25. The summed E-state index contributed by atoms with van der Waals surface area (Å²) >= 11 is 0. The zero-order chi connectivity index (χ0) is 12.3. The van der Waals surface area contributed by atoms with Gasteiger partial charge in [0.1, 0.15) is 0 Å². The predicted octanol–water partition coefficient (Wildman–Crippen LogP) is 3.45. The van der Waals surface area contributed by atoms with E-state index in [9.17, 15) is 0 Å². The van der Waals surface area contributed by atoms with Crippen LogP contribution in [0.4, 0.5) is 0 Å². The molecule has 1 aliphatic carbocycles. The Morgan fingerprint density at radius 1 is 1.29 bits per heavy atom. The second kappa shape index (κ2) is 5.67. The highest BCUT2D eigenvalue weighted by atomic mass is 16.5. The van der Waals surface area contributed by atoms with Gasteiger partial charge in [0.15, 0.2) is 0 Å². The van der Waals surface area contributed by atoms with Gasteiger partial charge in [-0.3, -0.25) is 4.68 Å². The minimum atomic E-state index is 0.548. The van der Waals surface area contributed by atoms with Crippen LogP contribution < -0.4 is 0 Å². The van der Waals surface area contributed by atoms with Gasteiger partial charge >= 0.3 is 0 Å². The molecule has 0 amide bonds. The van der Waals surface area contributed by atoms with Crippen molar-refractivity contribution in [3.05, 3.63) is 17.5 Å². The normalized spacial score (nSPS) is 24.1. The van der Waals surface area contributed by atoms with E-state index in [2.05, 4.69) is 17.8 Å². The Bertz CT molecular complexity index is 349. The fraction of sp³-hybridized carbons (Fsp3) is 0.786. The fourth-order valence-corrected chi connectivity index (χ4v) is 2.49. The van der Waals surface area contributed by atoms with Crippen LogP contribution in [0, 0.1) is 6.92 Å². The van der Waals surface area contributed by atoms with Gasteiger partial charge in [-0.1, -0.05) is 13.8 Å². The predicted molar refractivity (Wildman–Crippen MR) is 69.4 cm³/mol. The van der Waals surface area contributed by atoms with Gasteiger partial charge in [-0.15, -0.1) is 0 Å². The van der Waals surface area contributed by atoms with Gasteiger partial charge in [0.05, 0.1) is 18.3 Å². The Hall–Kier alpha value is -0.830. The topological polar surface area (TPSA) is 27.1 Å². The minimum absolute atomic E-state index is 0.548. The zero-order valence-corrected chi connectivity index (χ0v) is 11.3. The van der Waals surface area contributed by atoms with Crippen LogP contribution in [0.3, 0.4) is 0 Å². The molecule has 1 unspecified atom stereocenters. The van der Waals surface area contributed by atoms with Crippen LogP contribution in [0.1, 0.15) is 62.7 Å². The quantitative estimate of drug-likeness (QED) is 0.786. The molecule has 0 bridgehead atoms. The lowest BCUT2D eigenvalue weighted by molar-refractivity contribution is 0.193. The molecule has 1 aromatic heterocycles. The Labute approximate surface area is 104 Å². The average Bonchev–Trinajstić information content (AvgIpc) is 2.88. The largest absolute Gasteiger partial charge is 0.381 e. The molecule has 1 saturated heterocycles. The second-order valence-corrected chi connectivity index (χ2v) is 4.82. The Morgan fingerprint density at radius 3 is 2.59 bits per heavy atom. The maximum absolute atomic E-state index is 5.43. The number of rotatable bonds is 2. The molecule has 2 aliphatic rings. The lowest BCUT2D eigenvalue weighted by Crippen LogP contribution is -2.17. The van der Waals surface area contributed by atoms with E-state index < -0.39 is 0 Å². The summed E-state index contributed by atoms with van der Waals surface area (Å²) < 4.78 is 7.61. The molecule has 1 atom stereocenters. The summed E-state index contributed by atoms with van der Waals surface area (Å²) in [5.74, 6) is 0.548. The van der Waals surface area contributed by atoms with E-state index in [1.165, 1.54) is 30.5 Å². The molecule has 17 heavy (non-hydrogen) atoms. The van der Waals surface area contributed by atoms with Crippen molar-refractivity contribution in [1.29, 1.82) is 0 Å². The molecule has 3 heteroatoms. The van der Waals surface area contributed by atoms with Crippen molar-refractivity contribution < 1.29 is 4.74 Å². The van der Waals surface area contributed by atoms with Crippen LogP contribution in [0.25, 0.3) is 0 Å². The molecule has 0 radical (unpaired) electrons. The zero-order valence-electron chi connectivity index (χ0n) is 11.3. The Morgan fingerprint density at radius 2 is 2.06 bits per heavy atom. The van der Waals surface area contributed by atoms with Crippen LogP contribution in [0.5, 0.6) is 0 Å². The molecule has 96 valence electrons. The third kappa shape index (κ3) is 2.54. The van der Waals surface area contributed by atoms with Crippen molar-refractivity contribution in [2.75, 3.05) is 13.2 Å². The van der Waals surface area contributed by atoms with Gasteiger partial charge in [-0.2, -0.15) is 5.10 Å². The molecule has 3 nitrogen and oxygen atoms in total. The summed E-state index contributed by atoms with van der Waals surface area (Å²) in [4.78, 5) is 0.